The number of anilines is 2. The molecule has 0 radical (unpaired) electrons. The minimum atomic E-state index is 0.367. The highest BCUT2D eigenvalue weighted by Gasteiger charge is 2.11. The van der Waals surface area contributed by atoms with Crippen LogP contribution in [0.25, 0.3) is 0 Å². The SMILES string of the molecule is C=CCOc1ccc(Nc2cnc(OCCCCOc3cccc4c3CCN=C4)nc2)cc1. The first-order valence-corrected chi connectivity index (χ1v) is 11.1. The number of nitrogens with one attached hydrogen (secondary N) is 1. The summed E-state index contributed by atoms with van der Waals surface area (Å²) in [6, 6.07) is 14.2. The van der Waals surface area contributed by atoms with E-state index >= 15 is 0 Å². The fraction of sp³-hybridized carbons (Fsp3) is 0.269. The lowest BCUT2D eigenvalue weighted by Gasteiger charge is -2.15. The molecule has 2 aromatic carbocycles. The van der Waals surface area contributed by atoms with Crippen LogP contribution in [0.3, 0.4) is 0 Å². The first-order chi connectivity index (χ1) is 16.3. The lowest BCUT2D eigenvalue weighted by molar-refractivity contribution is 0.253. The Morgan fingerprint density at radius 2 is 1.70 bits per heavy atom. The summed E-state index contributed by atoms with van der Waals surface area (Å²) < 4.78 is 17.1. The Morgan fingerprint density at radius 1 is 0.909 bits per heavy atom. The molecule has 0 amide bonds. The standard InChI is InChI=1S/C26H28N4O3/c1-2-14-31-23-10-8-21(9-11-23)30-22-18-28-26(29-19-22)33-16-4-3-15-32-25-7-5-6-20-17-27-13-12-24(20)25/h2,5-11,17-19,30H,1,3-4,12-16H2. The van der Waals surface area contributed by atoms with E-state index in [1.165, 1.54) is 5.56 Å². The van der Waals surface area contributed by atoms with Crippen LogP contribution < -0.4 is 19.5 Å². The molecule has 0 saturated carbocycles. The van der Waals surface area contributed by atoms with Gasteiger partial charge in [-0.05, 0) is 55.2 Å². The zero-order valence-corrected chi connectivity index (χ0v) is 18.6. The van der Waals surface area contributed by atoms with E-state index in [-0.39, 0.29) is 0 Å². The summed E-state index contributed by atoms with van der Waals surface area (Å²) in [4.78, 5) is 12.9. The number of ether oxygens (including phenoxy) is 3. The highest BCUT2D eigenvalue weighted by molar-refractivity contribution is 5.84. The normalized spacial score (nSPS) is 12.0. The third-order valence-corrected chi connectivity index (χ3v) is 5.06. The Balaban J connectivity index is 1.15. The summed E-state index contributed by atoms with van der Waals surface area (Å²) in [6.45, 7) is 6.15. The van der Waals surface area contributed by atoms with E-state index in [0.29, 0.717) is 25.8 Å². The van der Waals surface area contributed by atoms with Crippen molar-refractivity contribution in [2.45, 2.75) is 19.3 Å². The molecule has 1 aliphatic heterocycles. The molecule has 3 aromatic rings. The van der Waals surface area contributed by atoms with Gasteiger partial charge in [0.05, 0.1) is 31.3 Å². The molecule has 0 aliphatic carbocycles. The molecule has 1 aliphatic rings. The van der Waals surface area contributed by atoms with Crippen molar-refractivity contribution in [2.24, 2.45) is 4.99 Å². The van der Waals surface area contributed by atoms with Gasteiger partial charge in [0.2, 0.25) is 0 Å². The molecular weight excluding hydrogens is 416 g/mol. The number of rotatable bonds is 12. The number of hydrogen-bond donors (Lipinski definition) is 1. The number of aromatic nitrogens is 2. The van der Waals surface area contributed by atoms with E-state index in [0.717, 1.165) is 54.2 Å². The molecule has 33 heavy (non-hydrogen) atoms. The molecule has 4 rings (SSSR count). The van der Waals surface area contributed by atoms with Gasteiger partial charge in [0.15, 0.2) is 0 Å². The zero-order valence-electron chi connectivity index (χ0n) is 18.6. The van der Waals surface area contributed by atoms with E-state index < -0.39 is 0 Å². The number of aliphatic imine (C=N–C) groups is 1. The van der Waals surface area contributed by atoms with Crippen LogP contribution in [0.15, 0.2) is 72.5 Å². The van der Waals surface area contributed by atoms with Crippen LogP contribution >= 0.6 is 0 Å². The summed E-state index contributed by atoms with van der Waals surface area (Å²) in [7, 11) is 0. The summed E-state index contributed by atoms with van der Waals surface area (Å²) in [5.74, 6) is 1.76. The van der Waals surface area contributed by atoms with Gasteiger partial charge in [0.1, 0.15) is 18.1 Å². The minimum Gasteiger partial charge on any atom is -0.493 e. The molecule has 1 N–H and O–H groups in total. The van der Waals surface area contributed by atoms with Crippen LogP contribution in [-0.2, 0) is 6.42 Å². The van der Waals surface area contributed by atoms with Crippen LogP contribution in [-0.4, -0.2) is 42.5 Å². The highest BCUT2D eigenvalue weighted by Crippen LogP contribution is 2.24. The predicted octanol–water partition coefficient (Wildman–Crippen LogP) is 5.00. The Bertz CT molecular complexity index is 1070. The molecule has 0 bridgehead atoms. The zero-order chi connectivity index (χ0) is 22.7. The van der Waals surface area contributed by atoms with Crippen molar-refractivity contribution in [2.75, 3.05) is 31.7 Å². The lowest BCUT2D eigenvalue weighted by atomic mass is 10.0. The monoisotopic (exact) mass is 444 g/mol. The number of fused-ring (bicyclic) bond motifs is 1. The van der Waals surface area contributed by atoms with E-state index in [1.807, 2.05) is 42.6 Å². The van der Waals surface area contributed by atoms with Crippen molar-refractivity contribution in [1.29, 1.82) is 0 Å². The van der Waals surface area contributed by atoms with Crippen LogP contribution in [0.5, 0.6) is 17.5 Å². The van der Waals surface area contributed by atoms with Crippen LogP contribution in [0.1, 0.15) is 24.0 Å². The molecule has 0 atom stereocenters. The number of benzene rings is 2. The average molecular weight is 445 g/mol. The maximum atomic E-state index is 5.99. The fourth-order valence-corrected chi connectivity index (χ4v) is 3.41. The molecule has 0 spiro atoms. The van der Waals surface area contributed by atoms with Gasteiger partial charge in [-0.1, -0.05) is 24.8 Å². The summed E-state index contributed by atoms with van der Waals surface area (Å²) >= 11 is 0. The topological polar surface area (TPSA) is 77.9 Å². The number of nitrogens with zero attached hydrogens (tertiary/aromatic N) is 3. The van der Waals surface area contributed by atoms with Crippen molar-refractivity contribution in [3.8, 4) is 17.5 Å². The maximum Gasteiger partial charge on any atom is 0.316 e. The second kappa shape index (κ2) is 11.7. The van der Waals surface area contributed by atoms with E-state index in [9.17, 15) is 0 Å². The third kappa shape index (κ3) is 6.55. The summed E-state index contributed by atoms with van der Waals surface area (Å²) in [5.41, 5.74) is 4.12. The summed E-state index contributed by atoms with van der Waals surface area (Å²) in [6.07, 6.45) is 9.74. The number of unbranched alkanes of at least 4 members (excludes halogenated alkanes) is 1. The minimum absolute atomic E-state index is 0.367. The van der Waals surface area contributed by atoms with E-state index in [2.05, 4.69) is 32.9 Å². The van der Waals surface area contributed by atoms with Gasteiger partial charge in [-0.2, -0.15) is 0 Å². The van der Waals surface area contributed by atoms with Crippen molar-refractivity contribution < 1.29 is 14.2 Å². The molecule has 170 valence electrons. The third-order valence-electron chi connectivity index (χ3n) is 5.06. The van der Waals surface area contributed by atoms with Crippen molar-refractivity contribution in [1.82, 2.24) is 9.97 Å². The van der Waals surface area contributed by atoms with E-state index in [4.69, 9.17) is 14.2 Å². The maximum absolute atomic E-state index is 5.99. The molecule has 1 aromatic heterocycles. The largest absolute Gasteiger partial charge is 0.493 e. The van der Waals surface area contributed by atoms with Gasteiger partial charge in [0.25, 0.3) is 0 Å². The Morgan fingerprint density at radius 3 is 2.48 bits per heavy atom. The molecule has 7 heteroatoms. The fourth-order valence-electron chi connectivity index (χ4n) is 3.41. The molecule has 0 unspecified atom stereocenters. The summed E-state index contributed by atoms with van der Waals surface area (Å²) in [5, 5.41) is 3.25. The first kappa shape index (κ1) is 22.3. The van der Waals surface area contributed by atoms with Crippen LogP contribution in [0.2, 0.25) is 0 Å². The van der Waals surface area contributed by atoms with Gasteiger partial charge < -0.3 is 19.5 Å². The van der Waals surface area contributed by atoms with Gasteiger partial charge in [0, 0.05) is 24.0 Å². The van der Waals surface area contributed by atoms with E-state index in [1.54, 1.807) is 18.5 Å². The molecule has 2 heterocycles. The van der Waals surface area contributed by atoms with Crippen LogP contribution in [0.4, 0.5) is 11.4 Å². The van der Waals surface area contributed by atoms with Crippen molar-refractivity contribution in [3.63, 3.8) is 0 Å². The van der Waals surface area contributed by atoms with Gasteiger partial charge in [-0.15, -0.1) is 0 Å². The Kier molecular flexibility index (Phi) is 7.89. The van der Waals surface area contributed by atoms with Crippen LogP contribution in [0, 0.1) is 0 Å². The average Bonchev–Trinajstić information content (AvgIpc) is 2.87. The second-order valence-corrected chi connectivity index (χ2v) is 7.52. The predicted molar refractivity (Wildman–Crippen MR) is 130 cm³/mol. The van der Waals surface area contributed by atoms with Crippen molar-refractivity contribution in [3.05, 3.63) is 78.6 Å². The molecule has 0 saturated heterocycles. The number of hydrogen-bond acceptors (Lipinski definition) is 7. The molecular formula is C26H28N4O3. The van der Waals surface area contributed by atoms with Gasteiger partial charge in [-0.25, -0.2) is 9.97 Å². The quantitative estimate of drug-likeness (QED) is 0.313. The van der Waals surface area contributed by atoms with Gasteiger partial charge in [-0.3, -0.25) is 4.99 Å². The van der Waals surface area contributed by atoms with Crippen molar-refractivity contribution >= 4 is 17.6 Å². The Hall–Kier alpha value is -3.87. The molecule has 0 fully saturated rings. The first-order valence-electron chi connectivity index (χ1n) is 11.1. The highest BCUT2D eigenvalue weighted by atomic mass is 16.5. The van der Waals surface area contributed by atoms with Gasteiger partial charge >= 0.3 is 6.01 Å². The molecule has 7 nitrogen and oxygen atoms in total. The second-order valence-electron chi connectivity index (χ2n) is 7.52. The Labute approximate surface area is 194 Å². The smallest absolute Gasteiger partial charge is 0.316 e. The lowest BCUT2D eigenvalue weighted by Crippen LogP contribution is -2.08.